The van der Waals surface area contributed by atoms with Crippen LogP contribution in [0.25, 0.3) is 11.5 Å². The van der Waals surface area contributed by atoms with Gasteiger partial charge in [0.2, 0.25) is 11.8 Å². The van der Waals surface area contributed by atoms with Gasteiger partial charge in [-0.15, -0.1) is 33.3 Å². The standard InChI is InChI=1S/C29H23N7O11S3/c30-27-31-16(11-49-27)19(35-45-8-12-2-1-3-14(6-12)26(41)42)21(39)32-20-23(40)36-24(47-29(43)44)15(9-48-25(20)36)10-50-28-34-33-22(46-28)13-4-5-17(37)18(38)7-13/h1-7,11,20,25,37-38H,8-10H2,(H2,30,31)(H,32,39)(H,41,42)(H,43,44)/t20-,25+/m1/s1. The molecule has 2 aliphatic rings. The molecular formula is C29H23N7O11S3. The van der Waals surface area contributed by atoms with Gasteiger partial charge in [0.25, 0.3) is 17.0 Å². The topological polar surface area (TPSA) is 273 Å². The van der Waals surface area contributed by atoms with Gasteiger partial charge in [-0.1, -0.05) is 29.1 Å². The Kier molecular flexibility index (Phi) is 9.79. The second kappa shape index (κ2) is 14.4. The minimum Gasteiger partial charge on any atom is -0.504 e. The van der Waals surface area contributed by atoms with Crippen LogP contribution >= 0.6 is 34.9 Å². The second-order valence-electron chi connectivity index (χ2n) is 10.3. The van der Waals surface area contributed by atoms with E-state index >= 15 is 0 Å². The predicted molar refractivity (Wildman–Crippen MR) is 176 cm³/mol. The first-order valence-corrected chi connectivity index (χ1v) is 17.0. The summed E-state index contributed by atoms with van der Waals surface area (Å²) in [7, 11) is 0. The number of carbonyl (C=O) groups is 4. The van der Waals surface area contributed by atoms with Gasteiger partial charge in [-0.05, 0) is 35.9 Å². The minimum atomic E-state index is -1.65. The molecule has 258 valence electrons. The number of nitrogens with two attached hydrogens (primary N) is 1. The zero-order valence-electron chi connectivity index (χ0n) is 25.1. The number of ether oxygens (including phenoxy) is 1. The number of aromatic nitrogens is 3. The largest absolute Gasteiger partial charge is 0.512 e. The first kappa shape index (κ1) is 34.1. The molecule has 7 N–H and O–H groups in total. The van der Waals surface area contributed by atoms with Crippen LogP contribution in [0, 0.1) is 0 Å². The molecule has 2 atom stereocenters. The lowest BCUT2D eigenvalue weighted by atomic mass is 10.1. The van der Waals surface area contributed by atoms with Crippen LogP contribution in [0.1, 0.15) is 21.6 Å². The van der Waals surface area contributed by atoms with E-state index in [9.17, 15) is 39.6 Å². The second-order valence-corrected chi connectivity index (χ2v) is 13.2. The Morgan fingerprint density at radius 1 is 1.14 bits per heavy atom. The van der Waals surface area contributed by atoms with Crippen LogP contribution in [0.3, 0.4) is 0 Å². The Hall–Kier alpha value is -5.80. The normalized spacial score (nSPS) is 17.2. The highest BCUT2D eigenvalue weighted by molar-refractivity contribution is 8.01. The average Bonchev–Trinajstić information content (AvgIpc) is 3.75. The molecule has 0 spiro atoms. The number of carbonyl (C=O) groups excluding carboxylic acids is 2. The lowest BCUT2D eigenvalue weighted by Crippen LogP contribution is -2.70. The van der Waals surface area contributed by atoms with Crippen molar-refractivity contribution in [2.24, 2.45) is 5.16 Å². The lowest BCUT2D eigenvalue weighted by molar-refractivity contribution is -0.148. The number of anilines is 1. The molecule has 2 amide bonds. The molecule has 0 radical (unpaired) electrons. The zero-order chi connectivity index (χ0) is 35.5. The monoisotopic (exact) mass is 741 g/mol. The number of rotatable bonds is 12. The van der Waals surface area contributed by atoms with Crippen molar-refractivity contribution in [1.29, 1.82) is 0 Å². The van der Waals surface area contributed by atoms with E-state index in [1.54, 1.807) is 6.07 Å². The molecule has 2 aliphatic heterocycles. The maximum absolute atomic E-state index is 13.4. The van der Waals surface area contributed by atoms with Gasteiger partial charge in [-0.3, -0.25) is 14.5 Å². The molecule has 0 unspecified atom stereocenters. The van der Waals surface area contributed by atoms with Gasteiger partial charge >= 0.3 is 12.1 Å². The summed E-state index contributed by atoms with van der Waals surface area (Å²) in [5.74, 6) is -3.12. The Labute approximate surface area is 292 Å². The Bertz CT molecular complexity index is 2060. The van der Waals surface area contributed by atoms with Crippen LogP contribution in [0.15, 0.2) is 74.1 Å². The first-order chi connectivity index (χ1) is 24.0. The van der Waals surface area contributed by atoms with E-state index in [0.29, 0.717) is 16.7 Å². The number of phenolic OH excluding ortho intramolecular Hbond substituents is 2. The molecule has 50 heavy (non-hydrogen) atoms. The fourth-order valence-electron chi connectivity index (χ4n) is 4.68. The third-order valence-corrected chi connectivity index (χ3v) is 9.92. The number of nitrogen functional groups attached to an aromatic ring is 1. The number of β-lactam (4-membered cyclic amide) rings is 1. The summed E-state index contributed by atoms with van der Waals surface area (Å²) in [5.41, 5.74) is 6.83. The zero-order valence-corrected chi connectivity index (χ0v) is 27.5. The summed E-state index contributed by atoms with van der Waals surface area (Å²) in [5, 5.41) is 53.3. The highest BCUT2D eigenvalue weighted by Crippen LogP contribution is 2.42. The Morgan fingerprint density at radius 3 is 2.68 bits per heavy atom. The number of thiazole rings is 1. The van der Waals surface area contributed by atoms with Gasteiger partial charge in [-0.2, -0.15) is 0 Å². The molecular weight excluding hydrogens is 719 g/mol. The lowest BCUT2D eigenvalue weighted by Gasteiger charge is -2.49. The van der Waals surface area contributed by atoms with Crippen LogP contribution in [0.4, 0.5) is 9.93 Å². The van der Waals surface area contributed by atoms with Crippen LogP contribution in [-0.4, -0.2) is 93.1 Å². The van der Waals surface area contributed by atoms with Crippen molar-refractivity contribution < 1.29 is 53.6 Å². The fourth-order valence-corrected chi connectivity index (χ4v) is 7.43. The number of oxime groups is 1. The number of hydrogen-bond donors (Lipinski definition) is 6. The first-order valence-electron chi connectivity index (χ1n) is 14.1. The van der Waals surface area contributed by atoms with Gasteiger partial charge in [0.05, 0.1) is 5.56 Å². The SMILES string of the molecule is Nc1nc(C(=NOCc2cccc(C(=O)O)c2)C(=O)N[C@@H]2C(=O)N3C(OC(=O)O)=C(CSc4nnc(-c5ccc(O)c(O)c5)o4)CS[C@@H]23)cs1. The van der Waals surface area contributed by atoms with Crippen molar-refractivity contribution >= 4 is 69.6 Å². The van der Waals surface area contributed by atoms with E-state index in [2.05, 4.69) is 25.7 Å². The third-order valence-electron chi connectivity index (χ3n) is 7.00. The number of thioether (sulfide) groups is 2. The molecule has 0 aliphatic carbocycles. The number of carboxylic acids is 1. The number of amides is 2. The van der Waals surface area contributed by atoms with Crippen LogP contribution < -0.4 is 11.1 Å². The van der Waals surface area contributed by atoms with Crippen LogP contribution in [0.5, 0.6) is 11.5 Å². The number of nitrogens with one attached hydrogen (secondary N) is 1. The van der Waals surface area contributed by atoms with E-state index in [4.69, 9.17) is 19.7 Å². The molecule has 0 saturated carbocycles. The van der Waals surface area contributed by atoms with Crippen molar-refractivity contribution in [3.8, 4) is 23.0 Å². The van der Waals surface area contributed by atoms with E-state index in [-0.39, 0.29) is 68.7 Å². The summed E-state index contributed by atoms with van der Waals surface area (Å²) >= 11 is 3.35. The number of phenols is 2. The summed E-state index contributed by atoms with van der Waals surface area (Å²) in [6, 6.07) is 8.84. The summed E-state index contributed by atoms with van der Waals surface area (Å²) in [4.78, 5) is 60.3. The van der Waals surface area contributed by atoms with Gasteiger partial charge < -0.3 is 45.5 Å². The third kappa shape index (κ3) is 7.28. The number of aromatic carboxylic acids is 1. The summed E-state index contributed by atoms with van der Waals surface area (Å²) < 4.78 is 10.6. The maximum Gasteiger partial charge on any atom is 0.512 e. The Balaban J connectivity index is 1.14. The van der Waals surface area contributed by atoms with E-state index in [1.807, 2.05) is 0 Å². The summed E-state index contributed by atoms with van der Waals surface area (Å²) in [6.07, 6.45) is -1.65. The van der Waals surface area contributed by atoms with E-state index in [0.717, 1.165) is 28.0 Å². The molecule has 2 aromatic carbocycles. The number of benzene rings is 2. The van der Waals surface area contributed by atoms with Crippen LogP contribution in [-0.2, 0) is 25.8 Å². The van der Waals surface area contributed by atoms with E-state index in [1.165, 1.54) is 53.5 Å². The Morgan fingerprint density at radius 2 is 1.96 bits per heavy atom. The summed E-state index contributed by atoms with van der Waals surface area (Å²) in [6.45, 7) is -0.182. The van der Waals surface area contributed by atoms with E-state index < -0.39 is 35.4 Å². The molecule has 21 heteroatoms. The number of fused-ring (bicyclic) bond motifs is 1. The van der Waals surface area contributed by atoms with Crippen molar-refractivity contribution in [2.45, 2.75) is 23.2 Å². The molecule has 1 fully saturated rings. The number of aromatic hydroxyl groups is 2. The van der Waals surface area contributed by atoms with Gasteiger partial charge in [0, 0.05) is 28.0 Å². The predicted octanol–water partition coefficient (Wildman–Crippen LogP) is 2.90. The number of carboxylic acid groups (broad SMARTS) is 2. The van der Waals surface area contributed by atoms with Crippen molar-refractivity contribution in [2.75, 3.05) is 17.2 Å². The van der Waals surface area contributed by atoms with Gasteiger partial charge in [-0.25, -0.2) is 14.6 Å². The minimum absolute atomic E-state index is 0.0386. The smallest absolute Gasteiger partial charge is 0.504 e. The molecule has 2 aromatic heterocycles. The highest BCUT2D eigenvalue weighted by Gasteiger charge is 2.54. The average molecular weight is 742 g/mol. The molecule has 4 aromatic rings. The quantitative estimate of drug-likeness (QED) is 0.0304. The van der Waals surface area contributed by atoms with Gasteiger partial charge in [0.1, 0.15) is 23.7 Å². The fraction of sp³-hybridized carbons (Fsp3) is 0.172. The maximum atomic E-state index is 13.4. The number of hydrogen-bond acceptors (Lipinski definition) is 17. The van der Waals surface area contributed by atoms with Gasteiger partial charge in [0.15, 0.2) is 22.3 Å². The number of nitrogens with zero attached hydrogens (tertiary/aromatic N) is 5. The molecule has 6 rings (SSSR count). The molecule has 18 nitrogen and oxygen atoms in total. The van der Waals surface area contributed by atoms with Crippen molar-refractivity contribution in [3.63, 3.8) is 0 Å². The highest BCUT2D eigenvalue weighted by atomic mass is 32.2. The molecule has 0 bridgehead atoms. The van der Waals surface area contributed by atoms with Crippen LogP contribution in [0.2, 0.25) is 0 Å². The molecule has 1 saturated heterocycles. The van der Waals surface area contributed by atoms with Crippen molar-refractivity contribution in [1.82, 2.24) is 25.4 Å². The molecule has 4 heterocycles. The van der Waals surface area contributed by atoms with Crippen molar-refractivity contribution in [3.05, 3.63) is 76.1 Å².